The first-order chi connectivity index (χ1) is 20.1. The highest BCUT2D eigenvalue weighted by atomic mass is 19.4. The van der Waals surface area contributed by atoms with Crippen molar-refractivity contribution in [2.75, 3.05) is 31.1 Å². The number of anilines is 1. The number of likely N-dealkylation sites (tertiary alicyclic amines) is 1. The molecule has 3 heterocycles. The first-order valence-corrected chi connectivity index (χ1v) is 14.4. The fraction of sp³-hybridized carbons (Fsp3) is 0.406. The molecule has 0 saturated carbocycles. The van der Waals surface area contributed by atoms with Crippen molar-refractivity contribution in [3.63, 3.8) is 0 Å². The van der Waals surface area contributed by atoms with E-state index in [9.17, 15) is 27.2 Å². The van der Waals surface area contributed by atoms with Crippen LogP contribution in [0.15, 0.2) is 60.9 Å². The molecule has 3 aromatic rings. The monoisotopic (exact) mass is 580 g/mol. The van der Waals surface area contributed by atoms with E-state index in [0.29, 0.717) is 43.1 Å². The lowest BCUT2D eigenvalue weighted by molar-refractivity contribution is -0.138. The molecule has 2 fully saturated rings. The molecule has 1 spiro atoms. The highest BCUT2D eigenvalue weighted by Gasteiger charge is 2.40. The average molecular weight is 581 g/mol. The molecule has 220 valence electrons. The Hall–Kier alpha value is -3.95. The Bertz CT molecular complexity index is 1480. The van der Waals surface area contributed by atoms with Crippen LogP contribution in [0, 0.1) is 11.2 Å². The second-order valence-electron chi connectivity index (χ2n) is 11.6. The number of carbonyl (C=O) groups excluding carboxylic acids is 2. The summed E-state index contributed by atoms with van der Waals surface area (Å²) in [5.74, 6) is -2.44. The van der Waals surface area contributed by atoms with Gasteiger partial charge in [-0.15, -0.1) is 0 Å². The number of nitrogens with one attached hydrogen (secondary N) is 1. The molecule has 10 heteroatoms. The molecule has 1 aromatic heterocycles. The van der Waals surface area contributed by atoms with Crippen LogP contribution in [0.25, 0.3) is 0 Å². The predicted molar refractivity (Wildman–Crippen MR) is 150 cm³/mol. The zero-order chi connectivity index (χ0) is 29.5. The summed E-state index contributed by atoms with van der Waals surface area (Å²) in [4.78, 5) is 34.8. The molecule has 1 aliphatic carbocycles. The quantitative estimate of drug-likeness (QED) is 0.375. The lowest BCUT2D eigenvalue weighted by atomic mass is 9.71. The van der Waals surface area contributed by atoms with Gasteiger partial charge in [-0.05, 0) is 91.5 Å². The molecule has 3 aliphatic rings. The summed E-state index contributed by atoms with van der Waals surface area (Å²) >= 11 is 0. The van der Waals surface area contributed by atoms with Gasteiger partial charge in [-0.3, -0.25) is 14.6 Å². The molecule has 2 saturated heterocycles. The van der Waals surface area contributed by atoms with Crippen LogP contribution in [-0.4, -0.2) is 47.9 Å². The number of piperidine rings is 2. The van der Waals surface area contributed by atoms with Crippen LogP contribution >= 0.6 is 0 Å². The molecule has 0 radical (unpaired) electrons. The van der Waals surface area contributed by atoms with Crippen molar-refractivity contribution in [2.24, 2.45) is 5.41 Å². The molecular formula is C32H32F4N4O2. The van der Waals surface area contributed by atoms with Gasteiger partial charge in [0.1, 0.15) is 5.82 Å². The number of hydrogen-bond donors (Lipinski definition) is 1. The van der Waals surface area contributed by atoms with E-state index in [0.717, 1.165) is 56.5 Å². The van der Waals surface area contributed by atoms with Gasteiger partial charge in [-0.25, -0.2) is 4.39 Å². The number of benzene rings is 2. The third-order valence-electron chi connectivity index (χ3n) is 9.29. The van der Waals surface area contributed by atoms with Gasteiger partial charge in [0.2, 0.25) is 0 Å². The molecule has 1 unspecified atom stereocenters. The second kappa shape index (κ2) is 11.0. The van der Waals surface area contributed by atoms with E-state index in [2.05, 4.69) is 15.2 Å². The molecule has 1 atom stereocenters. The lowest BCUT2D eigenvalue weighted by Crippen LogP contribution is -2.48. The highest BCUT2D eigenvalue weighted by molar-refractivity contribution is 5.97. The van der Waals surface area contributed by atoms with E-state index >= 15 is 0 Å². The summed E-state index contributed by atoms with van der Waals surface area (Å²) in [6.45, 7) is 3.29. The number of alkyl halides is 3. The van der Waals surface area contributed by atoms with E-state index in [1.807, 2.05) is 35.5 Å². The van der Waals surface area contributed by atoms with Crippen LogP contribution in [0.5, 0.6) is 0 Å². The van der Waals surface area contributed by atoms with Crippen molar-refractivity contribution < 1.29 is 27.2 Å². The van der Waals surface area contributed by atoms with Crippen LogP contribution in [0.2, 0.25) is 0 Å². The van der Waals surface area contributed by atoms with Crippen molar-refractivity contribution in [3.8, 4) is 0 Å². The van der Waals surface area contributed by atoms with Crippen LogP contribution in [0.4, 0.5) is 23.2 Å². The van der Waals surface area contributed by atoms with Crippen LogP contribution in [-0.2, 0) is 12.6 Å². The van der Waals surface area contributed by atoms with Crippen molar-refractivity contribution in [1.29, 1.82) is 0 Å². The van der Waals surface area contributed by atoms with Gasteiger partial charge < -0.3 is 15.1 Å². The number of halogens is 4. The van der Waals surface area contributed by atoms with Crippen LogP contribution in [0.3, 0.4) is 0 Å². The maximum absolute atomic E-state index is 14.4. The number of nitrogens with zero attached hydrogens (tertiary/aromatic N) is 3. The van der Waals surface area contributed by atoms with E-state index in [4.69, 9.17) is 0 Å². The Morgan fingerprint density at radius 3 is 2.31 bits per heavy atom. The Labute approximate surface area is 241 Å². The smallest absolute Gasteiger partial charge is 0.371 e. The topological polar surface area (TPSA) is 65.5 Å². The number of rotatable bonds is 4. The number of aryl methyl sites for hydroxylation is 1. The van der Waals surface area contributed by atoms with Gasteiger partial charge in [0.05, 0.1) is 17.2 Å². The fourth-order valence-electron chi connectivity index (χ4n) is 6.77. The zero-order valence-electron chi connectivity index (χ0n) is 23.1. The van der Waals surface area contributed by atoms with Crippen LogP contribution in [0.1, 0.15) is 75.6 Å². The van der Waals surface area contributed by atoms with Crippen molar-refractivity contribution >= 4 is 17.5 Å². The number of carbonyl (C=O) groups is 2. The summed E-state index contributed by atoms with van der Waals surface area (Å²) in [5, 5.41) is 2.59. The van der Waals surface area contributed by atoms with Crippen molar-refractivity contribution in [1.82, 2.24) is 15.2 Å². The third-order valence-corrected chi connectivity index (χ3v) is 9.29. The number of hydrogen-bond acceptors (Lipinski definition) is 4. The maximum Gasteiger partial charge on any atom is 0.417 e. The standard InChI is InChI=1S/C32H32F4N4O2/c33-26-3-1-2-25(32(34,35)36)28(26)29(41)38-27-7-6-21-4-5-22(20-24(21)27)30(42)40-18-12-31(13-19-40)10-16-39(17-11-31)23-8-14-37-15-9-23/h1-5,8-9,14-15,20,27H,6-7,10-13,16-19H2,(H,38,41). The van der Waals surface area contributed by atoms with Gasteiger partial charge in [0.25, 0.3) is 11.8 Å². The van der Waals surface area contributed by atoms with E-state index < -0.39 is 35.1 Å². The normalized spacial score (nSPS) is 20.0. The maximum atomic E-state index is 14.4. The van der Waals surface area contributed by atoms with Gasteiger partial charge in [-0.1, -0.05) is 12.1 Å². The molecule has 6 nitrogen and oxygen atoms in total. The summed E-state index contributed by atoms with van der Waals surface area (Å²) in [7, 11) is 0. The Morgan fingerprint density at radius 2 is 1.62 bits per heavy atom. The Balaban J connectivity index is 1.10. The average Bonchev–Trinajstić information content (AvgIpc) is 3.39. The molecule has 2 aliphatic heterocycles. The number of aromatic nitrogens is 1. The molecule has 42 heavy (non-hydrogen) atoms. The summed E-state index contributed by atoms with van der Waals surface area (Å²) < 4.78 is 54.8. The summed E-state index contributed by atoms with van der Waals surface area (Å²) in [5.41, 5.74) is 1.19. The first-order valence-electron chi connectivity index (χ1n) is 14.4. The summed E-state index contributed by atoms with van der Waals surface area (Å²) in [6, 6.07) is 11.3. The number of pyridine rings is 1. The fourth-order valence-corrected chi connectivity index (χ4v) is 6.77. The van der Waals surface area contributed by atoms with Gasteiger partial charge >= 0.3 is 6.18 Å². The van der Waals surface area contributed by atoms with Gasteiger partial charge in [-0.2, -0.15) is 13.2 Å². The molecule has 0 bridgehead atoms. The highest BCUT2D eigenvalue weighted by Crippen LogP contribution is 2.42. The zero-order valence-corrected chi connectivity index (χ0v) is 23.1. The minimum atomic E-state index is -4.87. The Morgan fingerprint density at radius 1 is 0.929 bits per heavy atom. The lowest BCUT2D eigenvalue weighted by Gasteiger charge is -2.47. The van der Waals surface area contributed by atoms with Crippen molar-refractivity contribution in [2.45, 2.75) is 50.7 Å². The number of amides is 2. The largest absolute Gasteiger partial charge is 0.417 e. The first kappa shape index (κ1) is 28.2. The molecule has 1 N–H and O–H groups in total. The second-order valence-corrected chi connectivity index (χ2v) is 11.6. The predicted octanol–water partition coefficient (Wildman–Crippen LogP) is 6.18. The van der Waals surface area contributed by atoms with E-state index in [-0.39, 0.29) is 11.3 Å². The Kier molecular flexibility index (Phi) is 7.41. The summed E-state index contributed by atoms with van der Waals surface area (Å²) in [6.07, 6.45) is 3.85. The molecule has 2 aromatic carbocycles. The minimum Gasteiger partial charge on any atom is -0.371 e. The molecular weight excluding hydrogens is 548 g/mol. The van der Waals surface area contributed by atoms with Crippen molar-refractivity contribution in [3.05, 3.63) is 94.6 Å². The van der Waals surface area contributed by atoms with Gasteiger partial charge in [0.15, 0.2) is 0 Å². The van der Waals surface area contributed by atoms with Gasteiger partial charge in [0, 0.05) is 49.8 Å². The number of fused-ring (bicyclic) bond motifs is 1. The van der Waals surface area contributed by atoms with Crippen LogP contribution < -0.4 is 10.2 Å². The van der Waals surface area contributed by atoms with E-state index in [1.165, 1.54) is 5.69 Å². The minimum absolute atomic E-state index is 0.0905. The SMILES string of the molecule is O=C(NC1CCc2ccc(C(=O)N3CCC4(CC3)CCN(c3ccncc3)CC4)cc21)c1c(F)cccc1C(F)(F)F. The third kappa shape index (κ3) is 5.46. The molecule has 2 amide bonds. The molecule has 6 rings (SSSR count). The van der Waals surface area contributed by atoms with E-state index in [1.54, 1.807) is 12.1 Å².